The summed E-state index contributed by atoms with van der Waals surface area (Å²) in [6, 6.07) is 15.2. The van der Waals surface area contributed by atoms with E-state index >= 15 is 0 Å². The molecule has 3 rings (SSSR count). The molecule has 0 N–H and O–H groups in total. The topological polar surface area (TPSA) is 108 Å². The largest absolute Gasteiger partial charge is 0.452 e. The number of esters is 1. The van der Waals surface area contributed by atoms with E-state index in [4.69, 9.17) is 9.15 Å². The Kier molecular flexibility index (Phi) is 5.82. The number of benzene rings is 2. The molecule has 9 heteroatoms. The molecule has 0 aliphatic carbocycles. The molecule has 0 fully saturated rings. The van der Waals surface area contributed by atoms with Crippen molar-refractivity contribution in [2.24, 2.45) is 0 Å². The van der Waals surface area contributed by atoms with Gasteiger partial charge in [-0.05, 0) is 31.2 Å². The fourth-order valence-corrected chi connectivity index (χ4v) is 2.87. The fraction of sp³-hybridized carbons (Fsp3) is 0.167. The normalized spacial score (nSPS) is 11.7. The molecule has 0 aliphatic heterocycles. The molecule has 0 spiro atoms. The third-order valence-corrected chi connectivity index (χ3v) is 4.51. The maximum Gasteiger partial charge on any atom is 0.317 e. The number of rotatable bonds is 7. The zero-order chi connectivity index (χ0) is 19.2. The van der Waals surface area contributed by atoms with Gasteiger partial charge in [0.2, 0.25) is 5.89 Å². The minimum atomic E-state index is -0.681. The summed E-state index contributed by atoms with van der Waals surface area (Å²) < 4.78 is 10.9. The predicted molar refractivity (Wildman–Crippen MR) is 98.1 cm³/mol. The van der Waals surface area contributed by atoms with Crippen LogP contribution in [0.5, 0.6) is 0 Å². The lowest BCUT2D eigenvalue weighted by Crippen LogP contribution is -2.11. The molecule has 0 saturated carbocycles. The van der Waals surface area contributed by atoms with E-state index in [9.17, 15) is 14.9 Å². The van der Waals surface area contributed by atoms with Crippen LogP contribution in [0.3, 0.4) is 0 Å². The lowest BCUT2D eigenvalue weighted by atomic mass is 10.2. The van der Waals surface area contributed by atoms with Crippen LogP contribution in [-0.2, 0) is 9.53 Å². The van der Waals surface area contributed by atoms with E-state index in [0.717, 1.165) is 10.5 Å². The molecule has 2 aromatic carbocycles. The summed E-state index contributed by atoms with van der Waals surface area (Å²) in [5, 5.41) is 18.5. The summed E-state index contributed by atoms with van der Waals surface area (Å²) in [5.74, 6) is 0.170. The van der Waals surface area contributed by atoms with E-state index in [1.165, 1.54) is 23.9 Å². The van der Waals surface area contributed by atoms with Gasteiger partial charge in [-0.15, -0.1) is 22.0 Å². The number of aromatic nitrogens is 2. The minimum Gasteiger partial charge on any atom is -0.452 e. The van der Waals surface area contributed by atoms with Gasteiger partial charge in [-0.3, -0.25) is 14.9 Å². The lowest BCUT2D eigenvalue weighted by Gasteiger charge is -2.09. The summed E-state index contributed by atoms with van der Waals surface area (Å²) in [7, 11) is 0. The first-order valence-corrected chi connectivity index (χ1v) is 8.97. The van der Waals surface area contributed by atoms with Gasteiger partial charge < -0.3 is 9.15 Å². The van der Waals surface area contributed by atoms with Crippen LogP contribution < -0.4 is 0 Å². The summed E-state index contributed by atoms with van der Waals surface area (Å²) in [6.45, 7) is 1.65. The number of carbonyl (C=O) groups is 1. The Morgan fingerprint density at radius 3 is 2.56 bits per heavy atom. The van der Waals surface area contributed by atoms with Crippen molar-refractivity contribution in [1.29, 1.82) is 0 Å². The molecule has 8 nitrogen and oxygen atoms in total. The van der Waals surface area contributed by atoms with Crippen LogP contribution in [0.15, 0.2) is 63.9 Å². The summed E-state index contributed by atoms with van der Waals surface area (Å²) in [6.07, 6.45) is -0.681. The number of nitrogens with zero attached hydrogens (tertiary/aromatic N) is 3. The van der Waals surface area contributed by atoms with Crippen LogP contribution in [0, 0.1) is 10.1 Å². The number of nitro benzene ring substituents is 1. The fourth-order valence-electron chi connectivity index (χ4n) is 2.18. The Hall–Kier alpha value is -3.20. The van der Waals surface area contributed by atoms with Gasteiger partial charge in [0.25, 0.3) is 11.6 Å². The van der Waals surface area contributed by atoms with Crippen molar-refractivity contribution in [2.45, 2.75) is 17.9 Å². The number of ether oxygens (including phenoxy) is 1. The second-order valence-electron chi connectivity index (χ2n) is 5.48. The van der Waals surface area contributed by atoms with Crippen molar-refractivity contribution < 1.29 is 18.9 Å². The van der Waals surface area contributed by atoms with Gasteiger partial charge >= 0.3 is 5.97 Å². The number of thioether (sulfide) groups is 1. The average molecular weight is 385 g/mol. The Morgan fingerprint density at radius 1 is 1.19 bits per heavy atom. The lowest BCUT2D eigenvalue weighted by molar-refractivity contribution is -0.384. The van der Waals surface area contributed by atoms with Crippen LogP contribution in [0.1, 0.15) is 18.9 Å². The van der Waals surface area contributed by atoms with Gasteiger partial charge in [-0.2, -0.15) is 0 Å². The molecule has 1 atom stereocenters. The molecule has 0 unspecified atom stereocenters. The minimum absolute atomic E-state index is 0.00108. The highest BCUT2D eigenvalue weighted by Gasteiger charge is 2.19. The van der Waals surface area contributed by atoms with Gasteiger partial charge in [0.05, 0.1) is 10.7 Å². The standard InChI is InChI=1S/C18H15N3O5S/c1-12(17-19-20-18(26-17)13-5-3-2-4-6-13)25-16(22)11-27-15-9-7-14(8-10-15)21(23)24/h2-10,12H,11H2,1H3/t12-/m1/s1. The van der Waals surface area contributed by atoms with Crippen molar-refractivity contribution in [1.82, 2.24) is 10.2 Å². The van der Waals surface area contributed by atoms with E-state index < -0.39 is 17.0 Å². The van der Waals surface area contributed by atoms with Crippen LogP contribution >= 0.6 is 11.8 Å². The number of nitro groups is 1. The Balaban J connectivity index is 1.53. The first-order valence-electron chi connectivity index (χ1n) is 7.98. The van der Waals surface area contributed by atoms with Crippen molar-refractivity contribution in [3.63, 3.8) is 0 Å². The number of carbonyl (C=O) groups excluding carboxylic acids is 1. The second kappa shape index (κ2) is 8.45. The highest BCUT2D eigenvalue weighted by molar-refractivity contribution is 8.00. The molecule has 27 heavy (non-hydrogen) atoms. The summed E-state index contributed by atoms with van der Waals surface area (Å²) in [5.41, 5.74) is 0.782. The SMILES string of the molecule is C[C@@H](OC(=O)CSc1ccc([N+](=O)[O-])cc1)c1nnc(-c2ccccc2)o1. The molecule has 0 aliphatic rings. The summed E-state index contributed by atoms with van der Waals surface area (Å²) in [4.78, 5) is 22.9. The molecular formula is C18H15N3O5S. The van der Waals surface area contributed by atoms with E-state index in [2.05, 4.69) is 10.2 Å². The third-order valence-electron chi connectivity index (χ3n) is 3.52. The smallest absolute Gasteiger partial charge is 0.317 e. The number of hydrogen-bond acceptors (Lipinski definition) is 8. The van der Waals surface area contributed by atoms with Crippen LogP contribution in [-0.4, -0.2) is 26.8 Å². The summed E-state index contributed by atoms with van der Waals surface area (Å²) >= 11 is 1.22. The highest BCUT2D eigenvalue weighted by atomic mass is 32.2. The molecule has 0 bridgehead atoms. The second-order valence-corrected chi connectivity index (χ2v) is 6.53. The van der Waals surface area contributed by atoms with Gasteiger partial charge in [0, 0.05) is 22.6 Å². The van der Waals surface area contributed by atoms with Gasteiger partial charge in [-0.1, -0.05) is 18.2 Å². The van der Waals surface area contributed by atoms with Crippen molar-refractivity contribution >= 4 is 23.4 Å². The average Bonchev–Trinajstić information content (AvgIpc) is 3.18. The maximum atomic E-state index is 12.0. The maximum absolute atomic E-state index is 12.0. The third kappa shape index (κ3) is 4.91. The van der Waals surface area contributed by atoms with E-state index in [-0.39, 0.29) is 17.3 Å². The van der Waals surface area contributed by atoms with Gasteiger partial charge in [-0.25, -0.2) is 0 Å². The molecule has 3 aromatic rings. The zero-order valence-corrected chi connectivity index (χ0v) is 15.1. The quantitative estimate of drug-likeness (QED) is 0.259. The van der Waals surface area contributed by atoms with E-state index in [1.54, 1.807) is 19.1 Å². The molecule has 0 amide bonds. The van der Waals surface area contributed by atoms with Crippen molar-refractivity contribution in [3.05, 3.63) is 70.6 Å². The number of non-ortho nitro benzene ring substituents is 1. The van der Waals surface area contributed by atoms with E-state index in [0.29, 0.717) is 5.89 Å². The van der Waals surface area contributed by atoms with Crippen molar-refractivity contribution in [2.75, 3.05) is 5.75 Å². The van der Waals surface area contributed by atoms with E-state index in [1.807, 2.05) is 30.3 Å². The first kappa shape index (κ1) is 18.6. The van der Waals surface area contributed by atoms with Crippen LogP contribution in [0.4, 0.5) is 5.69 Å². The Morgan fingerprint density at radius 2 is 1.89 bits per heavy atom. The monoisotopic (exact) mass is 385 g/mol. The van der Waals surface area contributed by atoms with Gasteiger partial charge in [0.1, 0.15) is 0 Å². The molecule has 0 saturated heterocycles. The van der Waals surface area contributed by atoms with Gasteiger partial charge in [0.15, 0.2) is 6.10 Å². The molecule has 1 aromatic heterocycles. The van der Waals surface area contributed by atoms with Crippen LogP contribution in [0.25, 0.3) is 11.5 Å². The Labute approximate surface area is 158 Å². The zero-order valence-electron chi connectivity index (χ0n) is 14.3. The highest BCUT2D eigenvalue weighted by Crippen LogP contribution is 2.24. The first-order chi connectivity index (χ1) is 13.0. The molecular weight excluding hydrogens is 370 g/mol. The number of hydrogen-bond donors (Lipinski definition) is 0. The van der Waals surface area contributed by atoms with Crippen molar-refractivity contribution in [3.8, 4) is 11.5 Å². The Bertz CT molecular complexity index is 928. The molecule has 1 heterocycles. The van der Waals surface area contributed by atoms with Crippen LogP contribution in [0.2, 0.25) is 0 Å². The predicted octanol–water partition coefficient (Wildman–Crippen LogP) is 4.04. The molecule has 0 radical (unpaired) electrons. The molecule has 138 valence electrons.